The summed E-state index contributed by atoms with van der Waals surface area (Å²) in [5.41, 5.74) is 4.42. The number of nitrogens with zero attached hydrogens (tertiary/aromatic N) is 1. The van der Waals surface area contributed by atoms with E-state index in [9.17, 15) is 9.59 Å². The number of hydrogen-bond acceptors (Lipinski definition) is 3. The number of hydrazine groups is 1. The van der Waals surface area contributed by atoms with Crippen LogP contribution < -0.4 is 10.4 Å². The van der Waals surface area contributed by atoms with E-state index in [1.165, 1.54) is 5.01 Å². The number of hydrogen-bond donors (Lipinski definition) is 2. The molecular weight excluding hydrogens is 208 g/mol. The van der Waals surface area contributed by atoms with Gasteiger partial charge in [0.1, 0.15) is 0 Å². The Labute approximate surface area is 92.6 Å². The first kappa shape index (κ1) is 10.6. The predicted octanol–water partition coefficient (Wildman–Crippen LogP) is 0.555. The number of benzene rings is 1. The lowest BCUT2D eigenvalue weighted by Gasteiger charge is -2.15. The molecule has 84 valence electrons. The number of nitrogens with one attached hydrogen (secondary N) is 1. The third-order valence-corrected chi connectivity index (χ3v) is 2.41. The van der Waals surface area contributed by atoms with E-state index in [0.717, 1.165) is 11.3 Å². The second kappa shape index (κ2) is 4.32. The van der Waals surface area contributed by atoms with Crippen molar-refractivity contribution in [1.29, 1.82) is 0 Å². The molecule has 0 radical (unpaired) electrons. The van der Waals surface area contributed by atoms with Crippen molar-refractivity contribution in [3.05, 3.63) is 29.8 Å². The van der Waals surface area contributed by atoms with Crippen LogP contribution in [0.5, 0.6) is 0 Å². The molecule has 0 atom stereocenters. The largest absolute Gasteiger partial charge is 0.481 e. The van der Waals surface area contributed by atoms with Gasteiger partial charge in [-0.1, -0.05) is 12.1 Å². The average molecular weight is 220 g/mol. The topological polar surface area (TPSA) is 69.6 Å². The zero-order valence-electron chi connectivity index (χ0n) is 8.64. The summed E-state index contributed by atoms with van der Waals surface area (Å²) in [7, 11) is 0. The fraction of sp³-hybridized carbons (Fsp3) is 0.273. The quantitative estimate of drug-likeness (QED) is 0.780. The molecule has 5 nitrogen and oxygen atoms in total. The van der Waals surface area contributed by atoms with Crippen molar-refractivity contribution in [2.24, 2.45) is 0 Å². The molecule has 0 unspecified atom stereocenters. The molecule has 1 amide bonds. The highest BCUT2D eigenvalue weighted by molar-refractivity contribution is 5.94. The van der Waals surface area contributed by atoms with Gasteiger partial charge < -0.3 is 5.11 Å². The first-order valence-corrected chi connectivity index (χ1v) is 5.04. The minimum absolute atomic E-state index is 0.00164. The van der Waals surface area contributed by atoms with E-state index in [4.69, 9.17) is 5.11 Å². The lowest BCUT2D eigenvalue weighted by molar-refractivity contribution is -0.136. The van der Waals surface area contributed by atoms with Gasteiger partial charge in [0, 0.05) is 13.0 Å². The fourth-order valence-corrected chi connectivity index (χ4v) is 1.65. The molecule has 5 heteroatoms. The normalized spacial score (nSPS) is 15.5. The van der Waals surface area contributed by atoms with Gasteiger partial charge in [0.25, 0.3) is 0 Å². The Bertz CT molecular complexity index is 414. The fourth-order valence-electron chi connectivity index (χ4n) is 1.65. The molecular formula is C11H12N2O3. The number of rotatable bonds is 3. The first-order chi connectivity index (χ1) is 7.66. The Hall–Kier alpha value is -1.88. The van der Waals surface area contributed by atoms with E-state index in [-0.39, 0.29) is 12.3 Å². The SMILES string of the molecule is O=C(O)Cc1ccc(N2NCCC2=O)cc1. The van der Waals surface area contributed by atoms with Gasteiger partial charge in [0.15, 0.2) is 0 Å². The van der Waals surface area contributed by atoms with Crippen LogP contribution in [0.1, 0.15) is 12.0 Å². The molecule has 0 spiro atoms. The van der Waals surface area contributed by atoms with Crippen molar-refractivity contribution in [3.8, 4) is 0 Å². The summed E-state index contributed by atoms with van der Waals surface area (Å²) in [5, 5.41) is 10.1. The smallest absolute Gasteiger partial charge is 0.307 e. The molecule has 0 bridgehead atoms. The maximum absolute atomic E-state index is 11.4. The van der Waals surface area contributed by atoms with Crippen molar-refractivity contribution in [3.63, 3.8) is 0 Å². The van der Waals surface area contributed by atoms with Crippen LogP contribution >= 0.6 is 0 Å². The number of amides is 1. The van der Waals surface area contributed by atoms with Crippen LogP contribution in [-0.2, 0) is 16.0 Å². The summed E-state index contributed by atoms with van der Waals surface area (Å²) < 4.78 is 0. The standard InChI is InChI=1S/C11H12N2O3/c14-10-5-6-12-13(10)9-3-1-8(2-4-9)7-11(15)16/h1-4,12H,5-7H2,(H,15,16). The molecule has 1 aliphatic heterocycles. The highest BCUT2D eigenvalue weighted by atomic mass is 16.4. The average Bonchev–Trinajstić information content (AvgIpc) is 2.65. The van der Waals surface area contributed by atoms with Gasteiger partial charge in [0.05, 0.1) is 12.1 Å². The van der Waals surface area contributed by atoms with E-state index in [1.807, 2.05) is 0 Å². The van der Waals surface area contributed by atoms with E-state index < -0.39 is 5.97 Å². The minimum atomic E-state index is -0.858. The van der Waals surface area contributed by atoms with Gasteiger partial charge in [0.2, 0.25) is 5.91 Å². The predicted molar refractivity (Wildman–Crippen MR) is 57.9 cm³/mol. The number of aliphatic carboxylic acids is 1. The van der Waals surface area contributed by atoms with Crippen LogP contribution in [0.4, 0.5) is 5.69 Å². The van der Waals surface area contributed by atoms with Crippen molar-refractivity contribution in [2.75, 3.05) is 11.6 Å². The molecule has 2 rings (SSSR count). The summed E-state index contributed by atoms with van der Waals surface area (Å²) in [5.74, 6) is -0.825. The highest BCUT2D eigenvalue weighted by Crippen LogP contribution is 2.17. The second-order valence-corrected chi connectivity index (χ2v) is 3.62. The Kier molecular flexibility index (Phi) is 2.87. The van der Waals surface area contributed by atoms with E-state index in [2.05, 4.69) is 5.43 Å². The van der Waals surface area contributed by atoms with Crippen LogP contribution in [0, 0.1) is 0 Å². The maximum atomic E-state index is 11.4. The van der Waals surface area contributed by atoms with E-state index in [1.54, 1.807) is 24.3 Å². The zero-order valence-corrected chi connectivity index (χ0v) is 8.64. The van der Waals surface area contributed by atoms with Gasteiger partial charge in [-0.2, -0.15) is 0 Å². The Morgan fingerprint density at radius 1 is 1.38 bits per heavy atom. The minimum Gasteiger partial charge on any atom is -0.481 e. The lowest BCUT2D eigenvalue weighted by atomic mass is 10.1. The van der Waals surface area contributed by atoms with Gasteiger partial charge in [-0.05, 0) is 17.7 Å². The number of carboxylic acids is 1. The Morgan fingerprint density at radius 3 is 2.56 bits per heavy atom. The van der Waals surface area contributed by atoms with Crippen LogP contribution in [0.3, 0.4) is 0 Å². The van der Waals surface area contributed by atoms with Gasteiger partial charge >= 0.3 is 5.97 Å². The summed E-state index contributed by atoms with van der Waals surface area (Å²) >= 11 is 0. The second-order valence-electron chi connectivity index (χ2n) is 3.62. The van der Waals surface area contributed by atoms with E-state index in [0.29, 0.717) is 13.0 Å². The van der Waals surface area contributed by atoms with Gasteiger partial charge in [-0.3, -0.25) is 9.59 Å². The molecule has 1 saturated heterocycles. The molecule has 2 N–H and O–H groups in total. The molecule has 1 heterocycles. The van der Waals surface area contributed by atoms with Crippen molar-refractivity contribution < 1.29 is 14.7 Å². The number of carbonyl (C=O) groups is 2. The molecule has 1 aromatic rings. The maximum Gasteiger partial charge on any atom is 0.307 e. The monoisotopic (exact) mass is 220 g/mol. The van der Waals surface area contributed by atoms with Gasteiger partial charge in [-0.15, -0.1) is 0 Å². The molecule has 0 aliphatic carbocycles. The first-order valence-electron chi connectivity index (χ1n) is 5.04. The molecule has 1 aromatic carbocycles. The van der Waals surface area contributed by atoms with Crippen LogP contribution in [0.15, 0.2) is 24.3 Å². The summed E-state index contributed by atoms with van der Waals surface area (Å²) in [6.45, 7) is 0.649. The van der Waals surface area contributed by atoms with Crippen LogP contribution in [-0.4, -0.2) is 23.5 Å². The Morgan fingerprint density at radius 2 is 2.06 bits per heavy atom. The van der Waals surface area contributed by atoms with Crippen molar-refractivity contribution >= 4 is 17.6 Å². The summed E-state index contributed by atoms with van der Waals surface area (Å²) in [4.78, 5) is 21.9. The highest BCUT2D eigenvalue weighted by Gasteiger charge is 2.21. The molecule has 1 aliphatic rings. The van der Waals surface area contributed by atoms with E-state index >= 15 is 0 Å². The van der Waals surface area contributed by atoms with Crippen LogP contribution in [0.25, 0.3) is 0 Å². The number of carboxylic acid groups (broad SMARTS) is 1. The lowest BCUT2D eigenvalue weighted by Crippen LogP contribution is -2.33. The van der Waals surface area contributed by atoms with Crippen molar-refractivity contribution in [1.82, 2.24) is 5.43 Å². The molecule has 1 fully saturated rings. The summed E-state index contributed by atoms with van der Waals surface area (Å²) in [6.07, 6.45) is 0.499. The summed E-state index contributed by atoms with van der Waals surface area (Å²) in [6, 6.07) is 6.93. The molecule has 0 aromatic heterocycles. The number of anilines is 1. The third-order valence-electron chi connectivity index (χ3n) is 2.41. The Balaban J connectivity index is 2.12. The van der Waals surface area contributed by atoms with Crippen molar-refractivity contribution in [2.45, 2.75) is 12.8 Å². The molecule has 0 saturated carbocycles. The molecule has 16 heavy (non-hydrogen) atoms. The van der Waals surface area contributed by atoms with Gasteiger partial charge in [-0.25, -0.2) is 10.4 Å². The zero-order chi connectivity index (χ0) is 11.5. The van der Waals surface area contributed by atoms with Crippen LogP contribution in [0.2, 0.25) is 0 Å². The number of carbonyl (C=O) groups excluding carboxylic acids is 1. The third kappa shape index (κ3) is 2.20.